The van der Waals surface area contributed by atoms with Crippen LogP contribution in [0, 0.1) is 37.5 Å². The number of carbonyl (C=O) groups is 5. The van der Waals surface area contributed by atoms with Crippen molar-refractivity contribution in [3.8, 4) is 16.9 Å². The zero-order valence-corrected chi connectivity index (χ0v) is 21.6. The molecule has 3 aliphatic rings. The van der Waals surface area contributed by atoms with Crippen LogP contribution in [0.15, 0.2) is 30.3 Å². The molecule has 9 heteroatoms. The van der Waals surface area contributed by atoms with E-state index in [0.717, 1.165) is 22.3 Å². The summed E-state index contributed by atoms with van der Waals surface area (Å²) in [4.78, 5) is 67.8. The fourth-order valence-corrected chi connectivity index (χ4v) is 7.01. The van der Waals surface area contributed by atoms with Gasteiger partial charge in [0.15, 0.2) is 34.7 Å². The van der Waals surface area contributed by atoms with Crippen molar-refractivity contribution in [2.45, 2.75) is 38.3 Å². The van der Waals surface area contributed by atoms with E-state index in [9.17, 15) is 34.2 Å². The summed E-state index contributed by atoms with van der Waals surface area (Å²) < 4.78 is 0. The summed E-state index contributed by atoms with van der Waals surface area (Å²) in [5.41, 5.74) is 6.87. The van der Waals surface area contributed by atoms with Gasteiger partial charge in [-0.25, -0.2) is 0 Å². The van der Waals surface area contributed by atoms with Crippen LogP contribution in [-0.2, 0) is 25.6 Å². The molecule has 0 radical (unpaired) electrons. The molecule has 2 unspecified atom stereocenters. The second-order valence-corrected chi connectivity index (χ2v) is 11.2. The van der Waals surface area contributed by atoms with E-state index in [0.29, 0.717) is 5.56 Å². The first-order chi connectivity index (χ1) is 17.8. The number of aryl methyl sites for hydroxylation is 2. The fourth-order valence-electron chi connectivity index (χ4n) is 7.01. The highest BCUT2D eigenvalue weighted by molar-refractivity contribution is 6.32. The number of nitrogens with zero attached hydrogens (tertiary/aromatic N) is 1. The van der Waals surface area contributed by atoms with Crippen molar-refractivity contribution in [1.82, 2.24) is 4.90 Å². The summed E-state index contributed by atoms with van der Waals surface area (Å²) in [7, 11) is 3.12. The van der Waals surface area contributed by atoms with Gasteiger partial charge in [-0.3, -0.25) is 28.9 Å². The first-order valence-corrected chi connectivity index (χ1v) is 12.6. The van der Waals surface area contributed by atoms with Crippen molar-refractivity contribution >= 4 is 29.0 Å². The topological polar surface area (TPSA) is 155 Å². The number of aromatic hydroxyl groups is 1. The maximum atomic E-state index is 13.9. The summed E-state index contributed by atoms with van der Waals surface area (Å²) in [5.74, 6) is -10.4. The Hall–Kier alpha value is -3.69. The standard InChI is InChI=1S/C29H30N2O7/c1-12-7-13(2)9-14(8-12)16-5-6-19(32)21-17(16)10-15-11-18-23(31(3)4)25(34)22(28(30)37)27(36)29(18,38)26(35)20(15)24(21)33/h5-9,15,18,20,22-23,32,38H,10-11H2,1-4H3,(H2,30,37)/t15-,18-,20?,22?,23-,29-/m1/s1. The van der Waals surface area contributed by atoms with Crippen LogP contribution in [0.1, 0.15) is 33.5 Å². The number of likely N-dealkylation sites (N-methyl/N-ethyl adjacent to an activating group) is 1. The molecule has 2 aromatic rings. The highest BCUT2D eigenvalue weighted by Crippen LogP contribution is 2.51. The van der Waals surface area contributed by atoms with Crippen molar-refractivity contribution in [2.75, 3.05) is 14.1 Å². The lowest BCUT2D eigenvalue weighted by atomic mass is 9.52. The van der Waals surface area contributed by atoms with Gasteiger partial charge in [-0.05, 0) is 69.5 Å². The van der Waals surface area contributed by atoms with Crippen molar-refractivity contribution < 1.29 is 34.2 Å². The van der Waals surface area contributed by atoms with Crippen LogP contribution < -0.4 is 5.73 Å². The van der Waals surface area contributed by atoms with E-state index < -0.39 is 64.4 Å². The summed E-state index contributed by atoms with van der Waals surface area (Å²) >= 11 is 0. The van der Waals surface area contributed by atoms with Crippen LogP contribution in [0.2, 0.25) is 0 Å². The predicted molar refractivity (Wildman–Crippen MR) is 136 cm³/mol. The quantitative estimate of drug-likeness (QED) is 0.511. The number of Topliss-reactive ketones (excluding diaryl/α,β-unsaturated/α-hetero) is 4. The lowest BCUT2D eigenvalue weighted by Crippen LogP contribution is -2.74. The molecule has 5 rings (SSSR count). The molecule has 4 N–H and O–H groups in total. The molecule has 38 heavy (non-hydrogen) atoms. The van der Waals surface area contributed by atoms with Gasteiger partial charge in [-0.15, -0.1) is 0 Å². The van der Waals surface area contributed by atoms with Crippen LogP contribution in [0.25, 0.3) is 11.1 Å². The van der Waals surface area contributed by atoms with Crippen molar-refractivity contribution in [3.63, 3.8) is 0 Å². The first-order valence-electron chi connectivity index (χ1n) is 12.6. The average molecular weight is 519 g/mol. The number of phenolic OH excluding ortho intramolecular Hbond substituents is 1. The minimum Gasteiger partial charge on any atom is -0.507 e. The van der Waals surface area contributed by atoms with E-state index in [1.807, 2.05) is 32.0 Å². The molecule has 0 aliphatic heterocycles. The van der Waals surface area contributed by atoms with Crippen LogP contribution in [0.5, 0.6) is 5.75 Å². The summed E-state index contributed by atoms with van der Waals surface area (Å²) in [6, 6.07) is 8.00. The van der Waals surface area contributed by atoms with Gasteiger partial charge in [0.25, 0.3) is 0 Å². The van der Waals surface area contributed by atoms with Gasteiger partial charge in [-0.1, -0.05) is 35.4 Å². The number of hydrogen-bond acceptors (Lipinski definition) is 8. The Morgan fingerprint density at radius 1 is 1.03 bits per heavy atom. The van der Waals surface area contributed by atoms with Gasteiger partial charge in [-0.2, -0.15) is 0 Å². The van der Waals surface area contributed by atoms with Crippen molar-refractivity contribution in [3.05, 3.63) is 52.6 Å². The van der Waals surface area contributed by atoms with E-state index in [1.54, 1.807) is 20.2 Å². The largest absolute Gasteiger partial charge is 0.507 e. The smallest absolute Gasteiger partial charge is 0.235 e. The number of carbonyl (C=O) groups excluding carboxylic acids is 5. The normalized spacial score (nSPS) is 30.6. The Labute approximate surface area is 219 Å². The molecule has 0 spiro atoms. The number of aliphatic hydroxyl groups is 1. The number of rotatable bonds is 3. The Kier molecular flexibility index (Phi) is 5.92. The number of amides is 1. The molecule has 6 atom stereocenters. The van der Waals surface area contributed by atoms with Gasteiger partial charge in [0.2, 0.25) is 5.91 Å². The van der Waals surface area contributed by atoms with Gasteiger partial charge in [0.1, 0.15) is 5.75 Å². The zero-order valence-electron chi connectivity index (χ0n) is 21.6. The second-order valence-electron chi connectivity index (χ2n) is 11.2. The van der Waals surface area contributed by atoms with Crippen LogP contribution >= 0.6 is 0 Å². The monoisotopic (exact) mass is 518 g/mol. The van der Waals surface area contributed by atoms with Gasteiger partial charge < -0.3 is 15.9 Å². The van der Waals surface area contributed by atoms with Crippen LogP contribution in [-0.4, -0.2) is 69.9 Å². The highest BCUT2D eigenvalue weighted by Gasteiger charge is 2.69. The van der Waals surface area contributed by atoms with E-state index in [4.69, 9.17) is 5.73 Å². The third-order valence-electron chi connectivity index (χ3n) is 8.48. The molecule has 1 amide bonds. The lowest BCUT2D eigenvalue weighted by Gasteiger charge is -2.52. The predicted octanol–water partition coefficient (Wildman–Crippen LogP) is 1.15. The van der Waals surface area contributed by atoms with Crippen molar-refractivity contribution in [1.29, 1.82) is 0 Å². The van der Waals surface area contributed by atoms with E-state index >= 15 is 0 Å². The van der Waals surface area contributed by atoms with Crippen LogP contribution in [0.4, 0.5) is 0 Å². The van der Waals surface area contributed by atoms with E-state index in [2.05, 4.69) is 0 Å². The van der Waals surface area contributed by atoms with E-state index in [1.165, 1.54) is 11.0 Å². The van der Waals surface area contributed by atoms with Crippen LogP contribution in [0.3, 0.4) is 0 Å². The molecule has 0 heterocycles. The first kappa shape index (κ1) is 25.9. The molecular weight excluding hydrogens is 488 g/mol. The maximum absolute atomic E-state index is 13.9. The highest BCUT2D eigenvalue weighted by atomic mass is 16.3. The number of fused-ring (bicyclic) bond motifs is 3. The average Bonchev–Trinajstić information content (AvgIpc) is 2.80. The number of ketones is 4. The van der Waals surface area contributed by atoms with E-state index in [-0.39, 0.29) is 24.2 Å². The summed E-state index contributed by atoms with van der Waals surface area (Å²) in [5, 5.41) is 22.4. The summed E-state index contributed by atoms with van der Waals surface area (Å²) in [6.07, 6.45) is 0.244. The molecule has 3 aliphatic carbocycles. The third kappa shape index (κ3) is 3.49. The number of phenols is 1. The molecule has 0 bridgehead atoms. The number of hydrogen-bond donors (Lipinski definition) is 3. The molecule has 0 aromatic heterocycles. The Morgan fingerprint density at radius 2 is 1.66 bits per heavy atom. The van der Waals surface area contributed by atoms with Gasteiger partial charge >= 0.3 is 0 Å². The van der Waals surface area contributed by atoms with Crippen molar-refractivity contribution in [2.24, 2.45) is 29.4 Å². The molecule has 2 aromatic carbocycles. The molecule has 2 fully saturated rings. The molecular formula is C29H30N2O7. The molecule has 9 nitrogen and oxygen atoms in total. The Morgan fingerprint density at radius 3 is 2.24 bits per heavy atom. The number of primary amides is 1. The molecule has 0 saturated heterocycles. The van der Waals surface area contributed by atoms with Gasteiger partial charge in [0.05, 0.1) is 17.5 Å². The second kappa shape index (κ2) is 8.68. The third-order valence-corrected chi connectivity index (χ3v) is 8.48. The lowest BCUT2D eigenvalue weighted by molar-refractivity contribution is -0.181. The fraction of sp³-hybridized carbons (Fsp3) is 0.414. The Balaban J connectivity index is 1.67. The zero-order chi connectivity index (χ0) is 27.8. The Bertz CT molecular complexity index is 1420. The van der Waals surface area contributed by atoms with Gasteiger partial charge in [0, 0.05) is 5.92 Å². The number of nitrogens with two attached hydrogens (primary N) is 1. The minimum absolute atomic E-state index is 0.00625. The SMILES string of the molecule is Cc1cc(C)cc(-c2ccc(O)c3c2C[C@@H]2C[C@@H]4[C@@H](N(C)C)C(=O)C(C(N)=O)C(=O)[C@]4(O)C(=O)C2C3=O)c1. The minimum atomic E-state index is -2.72. The maximum Gasteiger partial charge on any atom is 0.235 e. The molecule has 198 valence electrons. The number of benzene rings is 2. The molecule has 2 saturated carbocycles. The summed E-state index contributed by atoms with van der Waals surface area (Å²) in [6.45, 7) is 3.92.